The predicted molar refractivity (Wildman–Crippen MR) is 179 cm³/mol. The molecule has 1 N–H and O–H groups in total. The molecule has 10 nitrogen and oxygen atoms in total. The molecule has 4 aliphatic rings. The Hall–Kier alpha value is -3.67. The van der Waals surface area contributed by atoms with Crippen LogP contribution in [0.4, 0.5) is 0 Å². The number of nitrogens with one attached hydrogen (secondary N) is 1. The predicted octanol–water partition coefficient (Wildman–Crippen LogP) is 4.60. The molecule has 1 aliphatic carbocycles. The van der Waals surface area contributed by atoms with Crippen molar-refractivity contribution < 1.29 is 22.7 Å². The van der Waals surface area contributed by atoms with Crippen molar-refractivity contribution in [3.05, 3.63) is 58.7 Å². The van der Waals surface area contributed by atoms with Crippen LogP contribution in [0, 0.1) is 0 Å². The molecule has 244 valence electrons. The number of carbonyl (C=O) groups is 2. The van der Waals surface area contributed by atoms with Crippen LogP contribution >= 0.6 is 0 Å². The molecule has 2 saturated heterocycles. The average molecular weight is 646 g/mol. The highest BCUT2D eigenvalue weighted by molar-refractivity contribution is 7.87. The van der Waals surface area contributed by atoms with Gasteiger partial charge in [-0.05, 0) is 86.2 Å². The average Bonchev–Trinajstić information content (AvgIpc) is 3.43. The maximum atomic E-state index is 14.5. The highest BCUT2D eigenvalue weighted by Gasteiger charge is 2.43. The Balaban J connectivity index is 1.41. The van der Waals surface area contributed by atoms with Gasteiger partial charge in [0.1, 0.15) is 5.75 Å². The SMILES string of the molecule is COc1ccc2c(c1)C=C(C(=O)N1C3CCC1CN(C)C3)Cn1c-2c(C2CCCCC2)c2ccc(C(=O)NS(=O)(=O)N(C)C)cc21. The lowest BCUT2D eigenvalue weighted by atomic mass is 9.81. The first-order valence-electron chi connectivity index (χ1n) is 16.4. The van der Waals surface area contributed by atoms with Gasteiger partial charge in [-0.3, -0.25) is 9.59 Å². The molecule has 2 unspecified atom stereocenters. The van der Waals surface area contributed by atoms with Crippen LogP contribution < -0.4 is 9.46 Å². The number of benzene rings is 2. The Bertz CT molecular complexity index is 1840. The van der Waals surface area contributed by atoms with Crippen LogP contribution in [-0.2, 0) is 21.5 Å². The maximum Gasteiger partial charge on any atom is 0.303 e. The maximum absolute atomic E-state index is 14.5. The molecule has 2 bridgehead atoms. The zero-order valence-electron chi connectivity index (χ0n) is 27.1. The Morgan fingerprint density at radius 2 is 1.67 bits per heavy atom. The van der Waals surface area contributed by atoms with Crippen LogP contribution in [0.1, 0.15) is 72.3 Å². The fourth-order valence-electron chi connectivity index (χ4n) is 8.19. The van der Waals surface area contributed by atoms with Crippen LogP contribution in [0.3, 0.4) is 0 Å². The van der Waals surface area contributed by atoms with Gasteiger partial charge in [-0.25, -0.2) is 4.72 Å². The van der Waals surface area contributed by atoms with Crippen molar-refractivity contribution in [3.8, 4) is 17.0 Å². The number of hydrogen-bond acceptors (Lipinski definition) is 6. The van der Waals surface area contributed by atoms with Gasteiger partial charge >= 0.3 is 10.2 Å². The van der Waals surface area contributed by atoms with E-state index >= 15 is 0 Å². The van der Waals surface area contributed by atoms with Gasteiger partial charge < -0.3 is 19.1 Å². The van der Waals surface area contributed by atoms with Gasteiger partial charge in [0, 0.05) is 66.9 Å². The number of rotatable bonds is 6. The van der Waals surface area contributed by atoms with E-state index in [9.17, 15) is 18.0 Å². The normalized spacial score (nSPS) is 21.9. The summed E-state index contributed by atoms with van der Waals surface area (Å²) >= 11 is 0. The molecular weight excluding hydrogens is 602 g/mol. The standard InChI is InChI=1S/C35H43N5O5S/c1-37(2)46(43,44)36-34(41)23-10-14-30-31(18-23)39-19-25(35(42)40-26-11-12-27(40)21-38(3)20-26)16-24-17-28(45-4)13-15-29(24)33(39)32(30)22-8-6-5-7-9-22/h10,13-18,22,26-27H,5-9,11-12,19-21H2,1-4H3,(H,36,41). The number of piperazine rings is 1. The number of likely N-dealkylation sites (tertiary alicyclic amines) is 1. The third kappa shape index (κ3) is 5.32. The molecule has 3 aliphatic heterocycles. The van der Waals surface area contributed by atoms with Crippen molar-refractivity contribution in [2.45, 2.75) is 69.5 Å². The van der Waals surface area contributed by atoms with Crippen LogP contribution in [0.2, 0.25) is 0 Å². The largest absolute Gasteiger partial charge is 0.497 e. The third-order valence-corrected chi connectivity index (χ3v) is 11.8. The lowest BCUT2D eigenvalue weighted by Crippen LogP contribution is -2.55. The molecule has 2 amide bonds. The van der Waals surface area contributed by atoms with Gasteiger partial charge in [-0.1, -0.05) is 25.3 Å². The second-order valence-corrected chi connectivity index (χ2v) is 15.5. The summed E-state index contributed by atoms with van der Waals surface area (Å²) in [6.45, 7) is 2.09. The molecule has 3 fully saturated rings. The molecule has 2 aromatic carbocycles. The lowest BCUT2D eigenvalue weighted by Gasteiger charge is -2.40. The number of carbonyl (C=O) groups excluding carboxylic acids is 2. The number of methoxy groups -OCH3 is 1. The first kappa shape index (κ1) is 31.0. The van der Waals surface area contributed by atoms with Crippen LogP contribution in [0.5, 0.6) is 5.75 Å². The van der Waals surface area contributed by atoms with Gasteiger partial charge in [-0.2, -0.15) is 12.7 Å². The summed E-state index contributed by atoms with van der Waals surface area (Å²) in [5, 5.41) is 1.05. The Labute approximate surface area is 271 Å². The van der Waals surface area contributed by atoms with Crippen LogP contribution in [0.15, 0.2) is 42.0 Å². The molecule has 1 aromatic heterocycles. The third-order valence-electron chi connectivity index (χ3n) is 10.4. The highest BCUT2D eigenvalue weighted by Crippen LogP contribution is 2.47. The molecule has 0 spiro atoms. The molecule has 3 aromatic rings. The topological polar surface area (TPSA) is 104 Å². The van der Waals surface area contributed by atoms with Crippen molar-refractivity contribution in [1.82, 2.24) is 23.4 Å². The van der Waals surface area contributed by atoms with E-state index < -0.39 is 16.1 Å². The molecule has 11 heteroatoms. The monoisotopic (exact) mass is 645 g/mol. The minimum absolute atomic E-state index is 0.0641. The number of hydrogen-bond donors (Lipinski definition) is 1. The molecule has 46 heavy (non-hydrogen) atoms. The highest BCUT2D eigenvalue weighted by atomic mass is 32.2. The molecule has 7 rings (SSSR count). The van der Waals surface area contributed by atoms with Crippen molar-refractivity contribution in [3.63, 3.8) is 0 Å². The van der Waals surface area contributed by atoms with Gasteiger partial charge in [0.15, 0.2) is 0 Å². The number of amides is 2. The quantitative estimate of drug-likeness (QED) is 0.420. The summed E-state index contributed by atoms with van der Waals surface area (Å²) in [5.41, 5.74) is 6.07. The van der Waals surface area contributed by atoms with E-state index in [1.165, 1.54) is 26.1 Å². The molecule has 1 saturated carbocycles. The van der Waals surface area contributed by atoms with E-state index in [1.54, 1.807) is 19.2 Å². The molecule has 4 heterocycles. The zero-order chi connectivity index (χ0) is 32.3. The van der Waals surface area contributed by atoms with Crippen molar-refractivity contribution in [2.24, 2.45) is 0 Å². The van der Waals surface area contributed by atoms with E-state index in [0.717, 1.165) is 89.4 Å². The summed E-state index contributed by atoms with van der Waals surface area (Å²) in [5.74, 6) is 0.438. The van der Waals surface area contributed by atoms with Crippen molar-refractivity contribution in [1.29, 1.82) is 0 Å². The summed E-state index contributed by atoms with van der Waals surface area (Å²) in [6, 6.07) is 11.9. The first-order chi connectivity index (χ1) is 22.1. The molecule has 0 radical (unpaired) electrons. The Kier molecular flexibility index (Phi) is 7.97. The van der Waals surface area contributed by atoms with Crippen LogP contribution in [-0.4, -0.2) is 92.3 Å². The smallest absolute Gasteiger partial charge is 0.303 e. The van der Waals surface area contributed by atoms with Gasteiger partial charge in [0.05, 0.1) is 19.3 Å². The first-order valence-corrected chi connectivity index (χ1v) is 17.8. The lowest BCUT2D eigenvalue weighted by molar-refractivity contribution is -0.132. The van der Waals surface area contributed by atoms with Gasteiger partial charge in [0.2, 0.25) is 0 Å². The second kappa shape index (κ2) is 11.8. The molecule has 2 atom stereocenters. The summed E-state index contributed by atoms with van der Waals surface area (Å²) in [4.78, 5) is 32.3. The Morgan fingerprint density at radius 3 is 2.35 bits per heavy atom. The van der Waals surface area contributed by atoms with E-state index in [-0.39, 0.29) is 23.6 Å². The molecular formula is C35H43N5O5S. The van der Waals surface area contributed by atoms with Gasteiger partial charge in [0.25, 0.3) is 11.8 Å². The minimum Gasteiger partial charge on any atom is -0.497 e. The number of likely N-dealkylation sites (N-methyl/N-ethyl adjacent to an activating group) is 1. The summed E-state index contributed by atoms with van der Waals surface area (Å²) in [7, 11) is 2.58. The van der Waals surface area contributed by atoms with Gasteiger partial charge in [-0.15, -0.1) is 0 Å². The van der Waals surface area contributed by atoms with E-state index in [2.05, 4.69) is 32.2 Å². The number of nitrogens with zero attached hydrogens (tertiary/aromatic N) is 4. The van der Waals surface area contributed by atoms with Crippen molar-refractivity contribution in [2.75, 3.05) is 41.3 Å². The van der Waals surface area contributed by atoms with E-state index in [1.807, 2.05) is 24.3 Å². The fourth-order valence-corrected chi connectivity index (χ4v) is 8.73. The Morgan fingerprint density at radius 1 is 0.957 bits per heavy atom. The number of fused-ring (bicyclic) bond motifs is 7. The minimum atomic E-state index is -3.97. The fraction of sp³-hybridized carbons (Fsp3) is 0.486. The van der Waals surface area contributed by atoms with Crippen LogP contribution in [0.25, 0.3) is 28.2 Å². The van der Waals surface area contributed by atoms with E-state index in [4.69, 9.17) is 4.74 Å². The number of aromatic nitrogens is 1. The van der Waals surface area contributed by atoms with Crippen molar-refractivity contribution >= 4 is 39.0 Å². The summed E-state index contributed by atoms with van der Waals surface area (Å²) < 4.78 is 36.1. The number of ether oxygens (including phenoxy) is 1. The summed E-state index contributed by atoms with van der Waals surface area (Å²) in [6.07, 6.45) is 9.74. The zero-order valence-corrected chi connectivity index (χ0v) is 27.9. The van der Waals surface area contributed by atoms with E-state index in [0.29, 0.717) is 18.0 Å². The second-order valence-electron chi connectivity index (χ2n) is 13.6.